The van der Waals surface area contributed by atoms with Gasteiger partial charge in [-0.3, -0.25) is 4.28 Å². The molecule has 0 saturated heterocycles. The van der Waals surface area contributed by atoms with Crippen LogP contribution in [-0.2, 0) is 14.4 Å². The van der Waals surface area contributed by atoms with Gasteiger partial charge in [-0.2, -0.15) is 8.42 Å². The number of oxime groups is 1. The average Bonchev–Trinajstić information content (AvgIpc) is 2.25. The summed E-state index contributed by atoms with van der Waals surface area (Å²) >= 11 is 5.90. The maximum atomic E-state index is 10.9. The molecule has 5 nitrogen and oxygen atoms in total. The van der Waals surface area contributed by atoms with Gasteiger partial charge in [0.05, 0.1) is 12.0 Å². The molecule has 0 radical (unpaired) electrons. The lowest BCUT2D eigenvalue weighted by atomic mass is 10.0. The third-order valence-corrected chi connectivity index (χ3v) is 2.92. The first-order valence-corrected chi connectivity index (χ1v) is 7.46. The number of benzene rings is 1. The van der Waals surface area contributed by atoms with E-state index in [0.717, 1.165) is 6.26 Å². The van der Waals surface area contributed by atoms with Crippen molar-refractivity contribution in [2.45, 2.75) is 19.4 Å². The number of rotatable bonds is 2. The van der Waals surface area contributed by atoms with E-state index in [4.69, 9.17) is 16.3 Å². The van der Waals surface area contributed by atoms with E-state index in [2.05, 4.69) is 9.44 Å². The number of halogens is 1. The minimum Gasteiger partial charge on any atom is -0.490 e. The van der Waals surface area contributed by atoms with Crippen LogP contribution in [0.4, 0.5) is 0 Å². The van der Waals surface area contributed by atoms with Crippen LogP contribution in [0.25, 0.3) is 0 Å². The molecule has 0 fully saturated rings. The second-order valence-electron chi connectivity index (χ2n) is 4.09. The Kier molecular flexibility index (Phi) is 3.49. The van der Waals surface area contributed by atoms with Crippen LogP contribution in [0.2, 0.25) is 5.02 Å². The Morgan fingerprint density at radius 1 is 1.50 bits per heavy atom. The van der Waals surface area contributed by atoms with Crippen LogP contribution in [0.15, 0.2) is 23.4 Å². The van der Waals surface area contributed by atoms with Gasteiger partial charge in [-0.05, 0) is 25.1 Å². The fourth-order valence-corrected chi connectivity index (χ4v) is 2.07. The van der Waals surface area contributed by atoms with E-state index in [-0.39, 0.29) is 6.10 Å². The molecule has 0 bridgehead atoms. The van der Waals surface area contributed by atoms with Crippen molar-refractivity contribution < 1.29 is 17.4 Å². The van der Waals surface area contributed by atoms with Crippen molar-refractivity contribution in [3.8, 4) is 5.75 Å². The molecular weight excluding hydrogens is 278 g/mol. The number of nitrogens with zero attached hydrogens (tertiary/aromatic N) is 1. The lowest BCUT2D eigenvalue weighted by molar-refractivity contribution is 0.219. The topological polar surface area (TPSA) is 65.0 Å². The lowest BCUT2D eigenvalue weighted by Gasteiger charge is -2.24. The average molecular weight is 290 g/mol. The predicted octanol–water partition coefficient (Wildman–Crippen LogP) is 2.19. The SMILES string of the molecule is CC1C/C(=N\OS(C)(=O)=O)c2cc(Cl)ccc2O1. The van der Waals surface area contributed by atoms with Gasteiger partial charge in [-0.1, -0.05) is 16.8 Å². The minimum absolute atomic E-state index is 0.0967. The van der Waals surface area contributed by atoms with Crippen molar-refractivity contribution in [2.75, 3.05) is 6.26 Å². The maximum Gasteiger partial charge on any atom is 0.325 e. The molecule has 0 aliphatic carbocycles. The second kappa shape index (κ2) is 4.78. The van der Waals surface area contributed by atoms with Crippen LogP contribution >= 0.6 is 11.6 Å². The van der Waals surface area contributed by atoms with E-state index in [1.807, 2.05) is 6.92 Å². The molecule has 0 amide bonds. The molecule has 0 spiro atoms. The standard InChI is InChI=1S/C11H12ClNO4S/c1-7-5-10(13-17-18(2,14)15)9-6-8(12)3-4-11(9)16-7/h3-4,6-7H,5H2,1-2H3/b13-10+. The van der Waals surface area contributed by atoms with E-state index in [1.165, 1.54) is 0 Å². The molecule has 0 N–H and O–H groups in total. The number of hydrogen-bond donors (Lipinski definition) is 0. The summed E-state index contributed by atoms with van der Waals surface area (Å²) in [6.45, 7) is 1.87. The van der Waals surface area contributed by atoms with Gasteiger partial charge in [0.25, 0.3) is 0 Å². The van der Waals surface area contributed by atoms with Gasteiger partial charge in [0.1, 0.15) is 11.9 Å². The van der Waals surface area contributed by atoms with Crippen molar-refractivity contribution in [3.63, 3.8) is 0 Å². The summed E-state index contributed by atoms with van der Waals surface area (Å²) in [7, 11) is -3.61. The normalized spacial score (nSPS) is 21.3. The number of hydrogen-bond acceptors (Lipinski definition) is 5. The Bertz CT molecular complexity index is 597. The van der Waals surface area contributed by atoms with Crippen LogP contribution in [0, 0.1) is 0 Å². The third-order valence-electron chi connectivity index (χ3n) is 2.34. The molecule has 1 unspecified atom stereocenters. The van der Waals surface area contributed by atoms with Crippen LogP contribution < -0.4 is 4.74 Å². The third kappa shape index (κ3) is 3.14. The summed E-state index contributed by atoms with van der Waals surface area (Å²) in [6, 6.07) is 5.10. The summed E-state index contributed by atoms with van der Waals surface area (Å²) in [5, 5.41) is 4.20. The van der Waals surface area contributed by atoms with Crippen molar-refractivity contribution >= 4 is 27.4 Å². The molecule has 1 aliphatic heterocycles. The highest BCUT2D eigenvalue weighted by molar-refractivity contribution is 7.85. The molecule has 7 heteroatoms. The Balaban J connectivity index is 2.41. The molecule has 1 aromatic carbocycles. The minimum atomic E-state index is -3.61. The molecule has 0 aromatic heterocycles. The number of ether oxygens (including phenoxy) is 1. The smallest absolute Gasteiger partial charge is 0.325 e. The van der Waals surface area contributed by atoms with E-state index < -0.39 is 10.1 Å². The maximum absolute atomic E-state index is 10.9. The zero-order valence-corrected chi connectivity index (χ0v) is 11.5. The molecule has 1 atom stereocenters. The Labute approximate surface area is 110 Å². The monoisotopic (exact) mass is 289 g/mol. The molecule has 2 rings (SSSR count). The largest absolute Gasteiger partial charge is 0.490 e. The fraction of sp³-hybridized carbons (Fsp3) is 0.364. The van der Waals surface area contributed by atoms with Crippen molar-refractivity contribution in [1.29, 1.82) is 0 Å². The molecule has 0 saturated carbocycles. The Hall–Kier alpha value is -1.27. The fourth-order valence-electron chi connectivity index (χ4n) is 1.67. The number of fused-ring (bicyclic) bond motifs is 1. The summed E-state index contributed by atoms with van der Waals surface area (Å²) in [5.74, 6) is 0.619. The summed E-state index contributed by atoms with van der Waals surface area (Å²) < 4.78 is 32.0. The highest BCUT2D eigenvalue weighted by Gasteiger charge is 2.23. The lowest BCUT2D eigenvalue weighted by Crippen LogP contribution is -2.25. The first kappa shape index (κ1) is 13.2. The predicted molar refractivity (Wildman–Crippen MR) is 68.6 cm³/mol. The molecule has 1 aromatic rings. The molecule has 1 aliphatic rings. The highest BCUT2D eigenvalue weighted by atomic mass is 35.5. The highest BCUT2D eigenvalue weighted by Crippen LogP contribution is 2.30. The zero-order chi connectivity index (χ0) is 13.3. The van der Waals surface area contributed by atoms with Gasteiger partial charge in [-0.25, -0.2) is 0 Å². The van der Waals surface area contributed by atoms with Crippen LogP contribution in [-0.4, -0.2) is 26.5 Å². The molecule has 18 heavy (non-hydrogen) atoms. The molecule has 98 valence electrons. The van der Waals surface area contributed by atoms with Crippen molar-refractivity contribution in [3.05, 3.63) is 28.8 Å². The summed E-state index contributed by atoms with van der Waals surface area (Å²) in [5.41, 5.74) is 1.17. The Morgan fingerprint density at radius 3 is 2.89 bits per heavy atom. The van der Waals surface area contributed by atoms with Gasteiger partial charge >= 0.3 is 10.1 Å². The van der Waals surface area contributed by atoms with Crippen LogP contribution in [0.1, 0.15) is 18.9 Å². The first-order chi connectivity index (χ1) is 8.35. The van der Waals surface area contributed by atoms with Gasteiger partial charge in [0.2, 0.25) is 0 Å². The van der Waals surface area contributed by atoms with Crippen LogP contribution in [0.5, 0.6) is 5.75 Å². The van der Waals surface area contributed by atoms with Crippen molar-refractivity contribution in [2.24, 2.45) is 5.16 Å². The quantitative estimate of drug-likeness (QED) is 0.783. The summed E-state index contributed by atoms with van der Waals surface area (Å²) in [4.78, 5) is 0. The van der Waals surface area contributed by atoms with E-state index >= 15 is 0 Å². The van der Waals surface area contributed by atoms with E-state index in [9.17, 15) is 8.42 Å². The van der Waals surface area contributed by atoms with Crippen LogP contribution in [0.3, 0.4) is 0 Å². The van der Waals surface area contributed by atoms with Gasteiger partial charge in [0.15, 0.2) is 0 Å². The second-order valence-corrected chi connectivity index (χ2v) is 6.08. The van der Waals surface area contributed by atoms with Crippen molar-refractivity contribution in [1.82, 2.24) is 0 Å². The first-order valence-electron chi connectivity index (χ1n) is 5.27. The molecule has 1 heterocycles. The van der Waals surface area contributed by atoms with E-state index in [0.29, 0.717) is 28.5 Å². The van der Waals surface area contributed by atoms with Gasteiger partial charge in [-0.15, -0.1) is 0 Å². The summed E-state index contributed by atoms with van der Waals surface area (Å²) in [6.07, 6.45) is 1.31. The van der Waals surface area contributed by atoms with Gasteiger partial charge in [0, 0.05) is 17.0 Å². The Morgan fingerprint density at radius 2 is 2.22 bits per heavy atom. The van der Waals surface area contributed by atoms with E-state index in [1.54, 1.807) is 18.2 Å². The molecular formula is C11H12ClNO4S. The van der Waals surface area contributed by atoms with Gasteiger partial charge < -0.3 is 4.74 Å². The zero-order valence-electron chi connectivity index (χ0n) is 9.88.